The number of aromatic nitrogens is 1. The highest BCUT2D eigenvalue weighted by Crippen LogP contribution is 2.31. The summed E-state index contributed by atoms with van der Waals surface area (Å²) in [6.07, 6.45) is 0. The highest BCUT2D eigenvalue weighted by Gasteiger charge is 2.21. The van der Waals surface area contributed by atoms with E-state index in [1.807, 2.05) is 17.8 Å². The van der Waals surface area contributed by atoms with Gasteiger partial charge < -0.3 is 10.6 Å². The van der Waals surface area contributed by atoms with Gasteiger partial charge in [0, 0.05) is 41.7 Å². The Balaban J connectivity index is 2.14. The van der Waals surface area contributed by atoms with Gasteiger partial charge in [-0.15, -0.1) is 0 Å². The van der Waals surface area contributed by atoms with Crippen molar-refractivity contribution >= 4 is 28.4 Å². The first-order chi connectivity index (χ1) is 9.29. The van der Waals surface area contributed by atoms with E-state index in [9.17, 15) is 0 Å². The van der Waals surface area contributed by atoms with Gasteiger partial charge in [-0.3, -0.25) is 4.98 Å². The summed E-state index contributed by atoms with van der Waals surface area (Å²) in [6.45, 7) is 3.89. The van der Waals surface area contributed by atoms with Gasteiger partial charge in [-0.25, -0.2) is 0 Å². The Bertz CT molecular complexity index is 585. The second kappa shape index (κ2) is 5.39. The number of anilines is 1. The molecule has 3 rings (SSSR count). The minimum Gasteiger partial charge on any atom is -0.367 e. The smallest absolute Gasteiger partial charge is 0.0726 e. The van der Waals surface area contributed by atoms with Crippen LogP contribution in [0.1, 0.15) is 12.6 Å². The molecule has 1 saturated heterocycles. The third-order valence-corrected chi connectivity index (χ3v) is 4.82. The van der Waals surface area contributed by atoms with Crippen LogP contribution in [0.15, 0.2) is 30.3 Å². The summed E-state index contributed by atoms with van der Waals surface area (Å²) in [4.78, 5) is 7.12. The first-order valence-corrected chi connectivity index (χ1v) is 7.88. The Hall–Kier alpha value is -1.26. The summed E-state index contributed by atoms with van der Waals surface area (Å²) in [5, 5.41) is 1.23. The zero-order valence-electron chi connectivity index (χ0n) is 11.2. The first-order valence-electron chi connectivity index (χ1n) is 6.72. The monoisotopic (exact) mass is 273 g/mol. The molecule has 2 heterocycles. The Morgan fingerprint density at radius 1 is 1.42 bits per heavy atom. The summed E-state index contributed by atoms with van der Waals surface area (Å²) >= 11 is 2.03. The number of rotatable bonds is 2. The molecule has 1 fully saturated rings. The van der Waals surface area contributed by atoms with E-state index in [4.69, 9.17) is 5.73 Å². The van der Waals surface area contributed by atoms with E-state index in [-0.39, 0.29) is 0 Å². The molecule has 1 unspecified atom stereocenters. The molecule has 1 aliphatic rings. The van der Waals surface area contributed by atoms with Crippen molar-refractivity contribution in [1.29, 1.82) is 0 Å². The number of nitrogens with two attached hydrogens (primary N) is 1. The topological polar surface area (TPSA) is 42.1 Å². The van der Waals surface area contributed by atoms with Crippen molar-refractivity contribution in [2.75, 3.05) is 23.0 Å². The van der Waals surface area contributed by atoms with Crippen molar-refractivity contribution in [1.82, 2.24) is 4.98 Å². The summed E-state index contributed by atoms with van der Waals surface area (Å²) in [5.74, 6) is 2.38. The predicted octanol–water partition coefficient (Wildman–Crippen LogP) is 2.64. The number of hydrogen-bond donors (Lipinski definition) is 1. The van der Waals surface area contributed by atoms with Gasteiger partial charge >= 0.3 is 0 Å². The van der Waals surface area contributed by atoms with Crippen LogP contribution in [0.4, 0.5) is 5.69 Å². The minimum atomic E-state index is 0.495. The van der Waals surface area contributed by atoms with Gasteiger partial charge in [-0.1, -0.05) is 18.2 Å². The lowest BCUT2D eigenvalue weighted by atomic mass is 10.1. The van der Waals surface area contributed by atoms with Crippen LogP contribution < -0.4 is 10.6 Å². The molecule has 1 aromatic heterocycles. The second-order valence-corrected chi connectivity index (χ2v) is 6.12. The quantitative estimate of drug-likeness (QED) is 0.913. The maximum Gasteiger partial charge on any atom is 0.0726 e. The highest BCUT2D eigenvalue weighted by molar-refractivity contribution is 7.99. The minimum absolute atomic E-state index is 0.495. The van der Waals surface area contributed by atoms with E-state index >= 15 is 0 Å². The number of pyridine rings is 1. The van der Waals surface area contributed by atoms with Crippen LogP contribution in [0.5, 0.6) is 0 Å². The molecule has 0 aliphatic carbocycles. The van der Waals surface area contributed by atoms with Crippen LogP contribution in [0, 0.1) is 0 Å². The summed E-state index contributed by atoms with van der Waals surface area (Å²) in [6, 6.07) is 11.1. The van der Waals surface area contributed by atoms with Crippen molar-refractivity contribution < 1.29 is 0 Å². The summed E-state index contributed by atoms with van der Waals surface area (Å²) in [7, 11) is 0. The fraction of sp³-hybridized carbons (Fsp3) is 0.400. The Morgan fingerprint density at radius 2 is 2.26 bits per heavy atom. The molecule has 4 heteroatoms. The number of fused-ring (bicyclic) bond motifs is 1. The standard InChI is InChI=1S/C15H19N3S/c1-11-10-19-7-6-18(11)15-8-12(9-16)17-14-5-3-2-4-13(14)15/h2-5,8,11H,6-7,9-10,16H2,1H3. The van der Waals surface area contributed by atoms with Crippen molar-refractivity contribution in [2.24, 2.45) is 5.73 Å². The maximum atomic E-state index is 5.79. The zero-order valence-corrected chi connectivity index (χ0v) is 12.0. The molecule has 0 spiro atoms. The summed E-state index contributed by atoms with van der Waals surface area (Å²) in [5.41, 5.74) is 9.10. The number of hydrogen-bond acceptors (Lipinski definition) is 4. The van der Waals surface area contributed by atoms with E-state index in [1.165, 1.54) is 22.6 Å². The van der Waals surface area contributed by atoms with E-state index in [0.717, 1.165) is 17.8 Å². The first kappa shape index (κ1) is 12.8. The number of para-hydroxylation sites is 1. The molecule has 2 N–H and O–H groups in total. The SMILES string of the molecule is CC1CSCCN1c1cc(CN)nc2ccccc12. The molecule has 0 radical (unpaired) electrons. The van der Waals surface area contributed by atoms with Crippen LogP contribution in [-0.2, 0) is 6.54 Å². The normalized spacial score (nSPS) is 19.9. The average Bonchev–Trinajstić information content (AvgIpc) is 2.46. The van der Waals surface area contributed by atoms with Crippen molar-refractivity contribution in [3.63, 3.8) is 0 Å². The lowest BCUT2D eigenvalue weighted by Crippen LogP contribution is -2.40. The lowest BCUT2D eigenvalue weighted by molar-refractivity contribution is 0.701. The zero-order chi connectivity index (χ0) is 13.2. The van der Waals surface area contributed by atoms with Gasteiger partial charge in [0.15, 0.2) is 0 Å². The molecule has 0 amide bonds. The molecule has 19 heavy (non-hydrogen) atoms. The largest absolute Gasteiger partial charge is 0.367 e. The molecule has 2 aromatic rings. The molecule has 1 aromatic carbocycles. The van der Waals surface area contributed by atoms with Crippen molar-refractivity contribution in [3.05, 3.63) is 36.0 Å². The maximum absolute atomic E-state index is 5.79. The van der Waals surface area contributed by atoms with E-state index in [2.05, 4.69) is 41.1 Å². The number of thioether (sulfide) groups is 1. The molecule has 0 bridgehead atoms. The third-order valence-electron chi connectivity index (χ3n) is 3.63. The number of nitrogens with zero attached hydrogens (tertiary/aromatic N) is 2. The Labute approximate surface area is 118 Å². The summed E-state index contributed by atoms with van der Waals surface area (Å²) < 4.78 is 0. The molecular formula is C15H19N3S. The molecule has 1 atom stereocenters. The van der Waals surface area contributed by atoms with Gasteiger partial charge in [0.05, 0.1) is 11.2 Å². The van der Waals surface area contributed by atoms with Crippen LogP contribution >= 0.6 is 11.8 Å². The predicted molar refractivity (Wildman–Crippen MR) is 83.8 cm³/mol. The van der Waals surface area contributed by atoms with E-state index in [0.29, 0.717) is 12.6 Å². The van der Waals surface area contributed by atoms with Gasteiger partial charge in [-0.05, 0) is 19.1 Å². The third kappa shape index (κ3) is 2.42. The fourth-order valence-electron chi connectivity index (χ4n) is 2.64. The molecule has 3 nitrogen and oxygen atoms in total. The van der Waals surface area contributed by atoms with Gasteiger partial charge in [-0.2, -0.15) is 11.8 Å². The number of benzene rings is 1. The van der Waals surface area contributed by atoms with Crippen LogP contribution in [0.25, 0.3) is 10.9 Å². The lowest BCUT2D eigenvalue weighted by Gasteiger charge is -2.36. The van der Waals surface area contributed by atoms with Crippen LogP contribution in [0.2, 0.25) is 0 Å². The molecule has 100 valence electrons. The average molecular weight is 273 g/mol. The van der Waals surface area contributed by atoms with Gasteiger partial charge in [0.25, 0.3) is 0 Å². The van der Waals surface area contributed by atoms with Crippen molar-refractivity contribution in [2.45, 2.75) is 19.5 Å². The molecule has 0 saturated carbocycles. The van der Waals surface area contributed by atoms with Crippen molar-refractivity contribution in [3.8, 4) is 0 Å². The fourth-order valence-corrected chi connectivity index (χ4v) is 3.65. The van der Waals surface area contributed by atoms with E-state index < -0.39 is 0 Å². The van der Waals surface area contributed by atoms with Gasteiger partial charge in [0.2, 0.25) is 0 Å². The van der Waals surface area contributed by atoms with Crippen LogP contribution in [0.3, 0.4) is 0 Å². The Morgan fingerprint density at radius 3 is 3.05 bits per heavy atom. The molecule has 1 aliphatic heterocycles. The molecular weight excluding hydrogens is 254 g/mol. The van der Waals surface area contributed by atoms with E-state index in [1.54, 1.807) is 0 Å². The Kier molecular flexibility index (Phi) is 3.62. The van der Waals surface area contributed by atoms with Crippen LogP contribution in [-0.4, -0.2) is 29.1 Å². The van der Waals surface area contributed by atoms with Gasteiger partial charge in [0.1, 0.15) is 0 Å². The highest BCUT2D eigenvalue weighted by atomic mass is 32.2. The second-order valence-electron chi connectivity index (χ2n) is 4.97.